The number of carbonyl (C=O) groups excluding carboxylic acids is 1. The first-order chi connectivity index (χ1) is 15.0. The standard InChI is InChI=1S/C21H28N4O5S/c1-2-19-23-20(24-30-19)16-5-3-7-18(13-16)31(27,28)25-10-8-15(9-11-25)21(26)22-14-17-6-4-12-29-17/h3,5,7,13,15,17H,2,4,6,8-12,14H2,1H3,(H,22,26)/t17-/m0/s1. The Morgan fingerprint density at radius 3 is 2.74 bits per heavy atom. The molecule has 2 fully saturated rings. The number of rotatable bonds is 7. The molecule has 1 aromatic carbocycles. The molecule has 2 aromatic rings. The van der Waals surface area contributed by atoms with E-state index in [-0.39, 0.29) is 22.8 Å². The van der Waals surface area contributed by atoms with E-state index in [1.54, 1.807) is 24.3 Å². The molecule has 1 atom stereocenters. The van der Waals surface area contributed by atoms with Crippen molar-refractivity contribution in [1.82, 2.24) is 19.8 Å². The first-order valence-electron chi connectivity index (χ1n) is 10.8. The number of carbonyl (C=O) groups is 1. The molecule has 2 saturated heterocycles. The lowest BCUT2D eigenvalue weighted by Crippen LogP contribution is -2.44. The van der Waals surface area contributed by atoms with Crippen molar-refractivity contribution in [2.45, 2.75) is 50.0 Å². The van der Waals surface area contributed by atoms with Gasteiger partial charge in [-0.3, -0.25) is 4.79 Å². The van der Waals surface area contributed by atoms with Crippen molar-refractivity contribution in [3.63, 3.8) is 0 Å². The Bertz CT molecular complexity index is 1010. The van der Waals surface area contributed by atoms with Crippen LogP contribution in [-0.4, -0.2) is 61.1 Å². The van der Waals surface area contributed by atoms with E-state index in [1.165, 1.54) is 4.31 Å². The van der Waals surface area contributed by atoms with Gasteiger partial charge >= 0.3 is 0 Å². The molecule has 9 nitrogen and oxygen atoms in total. The highest BCUT2D eigenvalue weighted by atomic mass is 32.2. The SMILES string of the molecule is CCc1nc(-c2cccc(S(=O)(=O)N3CCC(C(=O)NC[C@@H]4CCCO4)CC3)c2)no1. The minimum atomic E-state index is -3.67. The second-order valence-electron chi connectivity index (χ2n) is 7.95. The molecule has 168 valence electrons. The van der Waals surface area contributed by atoms with Crippen LogP contribution in [-0.2, 0) is 26.0 Å². The highest BCUT2D eigenvalue weighted by Gasteiger charge is 2.32. The zero-order valence-electron chi connectivity index (χ0n) is 17.6. The van der Waals surface area contributed by atoms with Crippen molar-refractivity contribution in [3.8, 4) is 11.4 Å². The van der Waals surface area contributed by atoms with Crippen molar-refractivity contribution in [2.75, 3.05) is 26.2 Å². The number of hydrogen-bond donors (Lipinski definition) is 1. The van der Waals surface area contributed by atoms with Crippen LogP contribution >= 0.6 is 0 Å². The molecular formula is C21H28N4O5S. The van der Waals surface area contributed by atoms with E-state index in [4.69, 9.17) is 9.26 Å². The summed E-state index contributed by atoms with van der Waals surface area (Å²) in [6.07, 6.45) is 3.72. The van der Waals surface area contributed by atoms with Crippen molar-refractivity contribution < 1.29 is 22.5 Å². The van der Waals surface area contributed by atoms with E-state index >= 15 is 0 Å². The minimum absolute atomic E-state index is 0.0154. The van der Waals surface area contributed by atoms with Crippen molar-refractivity contribution in [2.24, 2.45) is 5.92 Å². The van der Waals surface area contributed by atoms with Crippen LogP contribution in [0.4, 0.5) is 0 Å². The maximum absolute atomic E-state index is 13.2. The molecule has 0 unspecified atom stereocenters. The molecule has 2 aliphatic heterocycles. The number of aryl methyl sites for hydroxylation is 1. The lowest BCUT2D eigenvalue weighted by molar-refractivity contribution is -0.126. The van der Waals surface area contributed by atoms with Gasteiger partial charge in [0.15, 0.2) is 0 Å². The molecule has 0 spiro atoms. The lowest BCUT2D eigenvalue weighted by Gasteiger charge is -2.30. The van der Waals surface area contributed by atoms with Crippen LogP contribution in [0.2, 0.25) is 0 Å². The van der Waals surface area contributed by atoms with Crippen LogP contribution in [0.3, 0.4) is 0 Å². The van der Waals surface area contributed by atoms with Gasteiger partial charge in [0.1, 0.15) is 0 Å². The number of amides is 1. The Morgan fingerprint density at radius 2 is 2.06 bits per heavy atom. The summed E-state index contributed by atoms with van der Waals surface area (Å²) in [5, 5.41) is 6.88. The van der Waals surface area contributed by atoms with Crippen molar-refractivity contribution >= 4 is 15.9 Å². The summed E-state index contributed by atoms with van der Waals surface area (Å²) in [5.74, 6) is 0.683. The normalized spacial score (nSPS) is 20.7. The van der Waals surface area contributed by atoms with Gasteiger partial charge in [0.05, 0.1) is 11.0 Å². The molecule has 4 rings (SSSR count). The first-order valence-corrected chi connectivity index (χ1v) is 12.2. The van der Waals surface area contributed by atoms with Crippen molar-refractivity contribution in [3.05, 3.63) is 30.2 Å². The maximum Gasteiger partial charge on any atom is 0.243 e. The zero-order valence-corrected chi connectivity index (χ0v) is 18.4. The second-order valence-corrected chi connectivity index (χ2v) is 9.89. The number of benzene rings is 1. The summed E-state index contributed by atoms with van der Waals surface area (Å²) in [7, 11) is -3.67. The first kappa shape index (κ1) is 21.9. The van der Waals surface area contributed by atoms with Crippen LogP contribution in [0.15, 0.2) is 33.7 Å². The highest BCUT2D eigenvalue weighted by Crippen LogP contribution is 2.26. The van der Waals surface area contributed by atoms with Gasteiger partial charge in [-0.1, -0.05) is 24.2 Å². The molecule has 0 bridgehead atoms. The van der Waals surface area contributed by atoms with Crippen LogP contribution in [0.5, 0.6) is 0 Å². The third kappa shape index (κ3) is 4.97. The van der Waals surface area contributed by atoms with Gasteiger partial charge in [-0.15, -0.1) is 0 Å². The molecule has 1 aromatic heterocycles. The third-order valence-electron chi connectivity index (χ3n) is 5.85. The summed E-state index contributed by atoms with van der Waals surface area (Å²) >= 11 is 0. The zero-order chi connectivity index (χ0) is 21.8. The molecule has 0 aliphatic carbocycles. The highest BCUT2D eigenvalue weighted by molar-refractivity contribution is 7.89. The van der Waals surface area contributed by atoms with Crippen LogP contribution < -0.4 is 5.32 Å². The largest absolute Gasteiger partial charge is 0.376 e. The average Bonchev–Trinajstić information content (AvgIpc) is 3.50. The third-order valence-corrected chi connectivity index (χ3v) is 7.75. The number of piperidine rings is 1. The monoisotopic (exact) mass is 448 g/mol. The predicted molar refractivity (Wildman–Crippen MR) is 113 cm³/mol. The summed E-state index contributed by atoms with van der Waals surface area (Å²) in [6, 6.07) is 6.57. The summed E-state index contributed by atoms with van der Waals surface area (Å²) in [6.45, 7) is 3.81. The quantitative estimate of drug-likeness (QED) is 0.689. The number of nitrogens with one attached hydrogen (secondary N) is 1. The van der Waals surface area contributed by atoms with Gasteiger partial charge in [-0.2, -0.15) is 9.29 Å². The number of aromatic nitrogens is 2. The molecule has 31 heavy (non-hydrogen) atoms. The van der Waals surface area contributed by atoms with Gasteiger partial charge in [0, 0.05) is 44.1 Å². The van der Waals surface area contributed by atoms with Gasteiger partial charge in [-0.05, 0) is 37.8 Å². The Balaban J connectivity index is 1.37. The fourth-order valence-electron chi connectivity index (χ4n) is 3.98. The Labute approximate surface area is 182 Å². The number of nitrogens with zero attached hydrogens (tertiary/aromatic N) is 3. The smallest absolute Gasteiger partial charge is 0.243 e. The fraction of sp³-hybridized carbons (Fsp3) is 0.571. The van der Waals surface area contributed by atoms with Gasteiger partial charge in [0.2, 0.25) is 27.6 Å². The average molecular weight is 449 g/mol. The van der Waals surface area contributed by atoms with E-state index in [2.05, 4.69) is 15.5 Å². The van der Waals surface area contributed by atoms with E-state index in [0.717, 1.165) is 19.4 Å². The van der Waals surface area contributed by atoms with E-state index < -0.39 is 10.0 Å². The summed E-state index contributed by atoms with van der Waals surface area (Å²) in [5.41, 5.74) is 0.591. The molecule has 10 heteroatoms. The molecule has 0 saturated carbocycles. The van der Waals surface area contributed by atoms with E-state index in [0.29, 0.717) is 56.2 Å². The molecule has 2 aliphatic rings. The Hall–Kier alpha value is -2.30. The topological polar surface area (TPSA) is 115 Å². The summed E-state index contributed by atoms with van der Waals surface area (Å²) in [4.78, 5) is 16.9. The number of ether oxygens (including phenoxy) is 1. The second kappa shape index (κ2) is 9.46. The van der Waals surface area contributed by atoms with Gasteiger partial charge in [-0.25, -0.2) is 8.42 Å². The van der Waals surface area contributed by atoms with Crippen molar-refractivity contribution in [1.29, 1.82) is 0 Å². The molecule has 1 amide bonds. The predicted octanol–water partition coefficient (Wildman–Crippen LogP) is 1.99. The maximum atomic E-state index is 13.2. The molecular weight excluding hydrogens is 420 g/mol. The van der Waals surface area contributed by atoms with Gasteiger partial charge < -0.3 is 14.6 Å². The summed E-state index contributed by atoms with van der Waals surface area (Å²) < 4.78 is 38.4. The van der Waals surface area contributed by atoms with E-state index in [1.807, 2.05) is 6.92 Å². The fourth-order valence-corrected chi connectivity index (χ4v) is 5.50. The van der Waals surface area contributed by atoms with Crippen LogP contribution in [0.1, 0.15) is 38.5 Å². The minimum Gasteiger partial charge on any atom is -0.376 e. The van der Waals surface area contributed by atoms with Crippen LogP contribution in [0.25, 0.3) is 11.4 Å². The van der Waals surface area contributed by atoms with E-state index in [9.17, 15) is 13.2 Å². The number of hydrogen-bond acceptors (Lipinski definition) is 7. The molecule has 1 N–H and O–H groups in total. The Morgan fingerprint density at radius 1 is 1.26 bits per heavy atom. The lowest BCUT2D eigenvalue weighted by atomic mass is 9.97. The molecule has 3 heterocycles. The molecule has 0 radical (unpaired) electrons. The van der Waals surface area contributed by atoms with Gasteiger partial charge in [0.25, 0.3) is 0 Å². The van der Waals surface area contributed by atoms with Crippen LogP contribution in [0, 0.1) is 5.92 Å². The number of sulfonamides is 1. The Kier molecular flexibility index (Phi) is 6.68.